The van der Waals surface area contributed by atoms with E-state index in [0.717, 1.165) is 45.4 Å². The van der Waals surface area contributed by atoms with Crippen LogP contribution in [0.3, 0.4) is 0 Å². The monoisotopic (exact) mass is 254 g/mol. The summed E-state index contributed by atoms with van der Waals surface area (Å²) in [6.45, 7) is 7.78. The summed E-state index contributed by atoms with van der Waals surface area (Å²) in [6, 6.07) is 0.213. The van der Waals surface area contributed by atoms with E-state index in [9.17, 15) is 4.79 Å². The van der Waals surface area contributed by atoms with E-state index in [1.807, 2.05) is 9.80 Å². The lowest BCUT2D eigenvalue weighted by atomic mass is 9.95. The fraction of sp³-hybridized carbons (Fsp3) is 0.929. The highest BCUT2D eigenvalue weighted by atomic mass is 16.5. The van der Waals surface area contributed by atoms with Crippen molar-refractivity contribution in [3.8, 4) is 0 Å². The molecular formula is C14H26N2O2. The highest BCUT2D eigenvalue weighted by molar-refractivity contribution is 5.74. The molecule has 104 valence electrons. The number of likely N-dealkylation sites (tertiary alicyclic amines) is 2. The quantitative estimate of drug-likeness (QED) is 0.719. The third kappa shape index (κ3) is 2.97. The predicted octanol–water partition coefficient (Wildman–Crippen LogP) is 2.34. The molecule has 0 aromatic rings. The van der Waals surface area contributed by atoms with Crippen molar-refractivity contribution in [2.45, 2.75) is 45.1 Å². The average molecular weight is 254 g/mol. The number of nitrogens with zero attached hydrogens (tertiary/aromatic N) is 2. The van der Waals surface area contributed by atoms with Crippen LogP contribution in [0.15, 0.2) is 0 Å². The summed E-state index contributed by atoms with van der Waals surface area (Å²) in [5.74, 6) is 0.640. The Hall–Kier alpha value is -0.770. The molecule has 2 atom stereocenters. The van der Waals surface area contributed by atoms with Gasteiger partial charge in [-0.1, -0.05) is 6.92 Å². The molecule has 2 fully saturated rings. The first-order chi connectivity index (χ1) is 8.54. The predicted molar refractivity (Wildman–Crippen MR) is 71.6 cm³/mol. The van der Waals surface area contributed by atoms with E-state index in [1.54, 1.807) is 7.11 Å². The third-order valence-corrected chi connectivity index (χ3v) is 4.35. The Morgan fingerprint density at radius 3 is 2.67 bits per heavy atom. The number of piperidine rings is 2. The van der Waals surface area contributed by atoms with Crippen LogP contribution >= 0.6 is 0 Å². The lowest BCUT2D eigenvalue weighted by Gasteiger charge is -2.42. The van der Waals surface area contributed by atoms with Crippen LogP contribution in [0.2, 0.25) is 0 Å². The topological polar surface area (TPSA) is 32.8 Å². The van der Waals surface area contributed by atoms with Crippen LogP contribution in [0.4, 0.5) is 4.79 Å². The van der Waals surface area contributed by atoms with Gasteiger partial charge in [0.05, 0.1) is 12.1 Å². The number of ether oxygens (including phenoxy) is 1. The Bertz CT molecular complexity index is 308. The van der Waals surface area contributed by atoms with Crippen LogP contribution in [-0.2, 0) is 4.74 Å². The molecule has 2 rings (SSSR count). The first-order valence-corrected chi connectivity index (χ1v) is 7.13. The molecule has 4 heteroatoms. The maximum absolute atomic E-state index is 12.5. The second-order valence-corrected chi connectivity index (χ2v) is 6.16. The normalized spacial score (nSPS) is 33.6. The van der Waals surface area contributed by atoms with E-state index < -0.39 is 0 Å². The first kappa shape index (κ1) is 13.7. The van der Waals surface area contributed by atoms with Crippen molar-refractivity contribution < 1.29 is 9.53 Å². The number of urea groups is 1. The lowest BCUT2D eigenvalue weighted by Crippen LogP contribution is -2.55. The Morgan fingerprint density at radius 1 is 1.28 bits per heavy atom. The van der Waals surface area contributed by atoms with Crippen molar-refractivity contribution in [1.29, 1.82) is 0 Å². The zero-order valence-corrected chi connectivity index (χ0v) is 11.9. The zero-order chi connectivity index (χ0) is 13.2. The number of carbonyl (C=O) groups is 1. The summed E-state index contributed by atoms with van der Waals surface area (Å²) in [4.78, 5) is 16.5. The molecule has 18 heavy (non-hydrogen) atoms. The Kier molecular flexibility index (Phi) is 4.15. The van der Waals surface area contributed by atoms with Crippen LogP contribution in [0.1, 0.15) is 39.5 Å². The third-order valence-electron chi connectivity index (χ3n) is 4.35. The standard InChI is InChI=1S/C14H26N2O2/c1-12-6-4-8-15(10-12)13(17)16-9-5-7-14(2,11-16)18-3/h12H,4-11H2,1-3H3. The van der Waals surface area contributed by atoms with Gasteiger partial charge in [0.2, 0.25) is 0 Å². The van der Waals surface area contributed by atoms with Gasteiger partial charge in [0.15, 0.2) is 0 Å². The van der Waals surface area contributed by atoms with Gasteiger partial charge in [-0.15, -0.1) is 0 Å². The van der Waals surface area contributed by atoms with Gasteiger partial charge in [0.1, 0.15) is 0 Å². The maximum Gasteiger partial charge on any atom is 0.320 e. The molecule has 4 nitrogen and oxygen atoms in total. The molecule has 0 aliphatic carbocycles. The smallest absolute Gasteiger partial charge is 0.320 e. The molecule has 0 N–H and O–H groups in total. The minimum atomic E-state index is -0.157. The number of hydrogen-bond acceptors (Lipinski definition) is 2. The van der Waals surface area contributed by atoms with Gasteiger partial charge in [0, 0.05) is 26.7 Å². The molecule has 0 saturated carbocycles. The summed E-state index contributed by atoms with van der Waals surface area (Å²) in [5, 5.41) is 0. The number of methoxy groups -OCH3 is 1. The SMILES string of the molecule is COC1(C)CCCN(C(=O)N2CCCC(C)C2)C1. The molecular weight excluding hydrogens is 228 g/mol. The lowest BCUT2D eigenvalue weighted by molar-refractivity contribution is -0.0440. The summed E-state index contributed by atoms with van der Waals surface area (Å²) >= 11 is 0. The number of carbonyl (C=O) groups excluding carboxylic acids is 1. The van der Waals surface area contributed by atoms with Gasteiger partial charge in [-0.25, -0.2) is 4.79 Å². The highest BCUT2D eigenvalue weighted by Gasteiger charge is 2.35. The second-order valence-electron chi connectivity index (χ2n) is 6.16. The molecule has 2 amide bonds. The van der Waals surface area contributed by atoms with Gasteiger partial charge in [-0.05, 0) is 38.5 Å². The van der Waals surface area contributed by atoms with Crippen molar-refractivity contribution in [2.75, 3.05) is 33.3 Å². The van der Waals surface area contributed by atoms with Gasteiger partial charge < -0.3 is 14.5 Å². The largest absolute Gasteiger partial charge is 0.377 e. The number of rotatable bonds is 1. The molecule has 2 heterocycles. The molecule has 0 aromatic heterocycles. The Balaban J connectivity index is 1.96. The van der Waals surface area contributed by atoms with Crippen molar-refractivity contribution >= 4 is 6.03 Å². The average Bonchev–Trinajstić information content (AvgIpc) is 2.38. The van der Waals surface area contributed by atoms with E-state index in [0.29, 0.717) is 5.92 Å². The molecule has 0 radical (unpaired) electrons. The fourth-order valence-corrected chi connectivity index (χ4v) is 3.10. The maximum atomic E-state index is 12.5. The van der Waals surface area contributed by atoms with E-state index in [-0.39, 0.29) is 11.6 Å². The molecule has 0 spiro atoms. The summed E-state index contributed by atoms with van der Waals surface area (Å²) in [5.41, 5.74) is -0.157. The minimum absolute atomic E-state index is 0.157. The van der Waals surface area contributed by atoms with E-state index in [4.69, 9.17) is 4.74 Å². The molecule has 2 aliphatic heterocycles. The van der Waals surface area contributed by atoms with Gasteiger partial charge in [0.25, 0.3) is 0 Å². The van der Waals surface area contributed by atoms with Crippen molar-refractivity contribution in [2.24, 2.45) is 5.92 Å². The van der Waals surface area contributed by atoms with Crippen LogP contribution < -0.4 is 0 Å². The molecule has 2 unspecified atom stereocenters. The van der Waals surface area contributed by atoms with Crippen LogP contribution in [0.25, 0.3) is 0 Å². The Morgan fingerprint density at radius 2 is 2.00 bits per heavy atom. The second kappa shape index (κ2) is 5.47. The van der Waals surface area contributed by atoms with Crippen molar-refractivity contribution in [3.05, 3.63) is 0 Å². The van der Waals surface area contributed by atoms with Crippen LogP contribution in [0.5, 0.6) is 0 Å². The Labute approximate surface area is 110 Å². The summed E-state index contributed by atoms with van der Waals surface area (Å²) in [6.07, 6.45) is 4.48. The van der Waals surface area contributed by atoms with Gasteiger partial charge >= 0.3 is 6.03 Å². The van der Waals surface area contributed by atoms with E-state index in [2.05, 4.69) is 13.8 Å². The summed E-state index contributed by atoms with van der Waals surface area (Å²) < 4.78 is 5.56. The summed E-state index contributed by atoms with van der Waals surface area (Å²) in [7, 11) is 1.75. The number of hydrogen-bond donors (Lipinski definition) is 0. The fourth-order valence-electron chi connectivity index (χ4n) is 3.10. The zero-order valence-electron chi connectivity index (χ0n) is 11.9. The first-order valence-electron chi connectivity index (χ1n) is 7.13. The van der Waals surface area contributed by atoms with Gasteiger partial charge in [-0.2, -0.15) is 0 Å². The highest BCUT2D eigenvalue weighted by Crippen LogP contribution is 2.25. The van der Waals surface area contributed by atoms with Crippen LogP contribution in [-0.4, -0.2) is 54.7 Å². The molecule has 0 aromatic carbocycles. The minimum Gasteiger partial charge on any atom is -0.377 e. The van der Waals surface area contributed by atoms with Crippen molar-refractivity contribution in [1.82, 2.24) is 9.80 Å². The van der Waals surface area contributed by atoms with Crippen molar-refractivity contribution in [3.63, 3.8) is 0 Å². The van der Waals surface area contributed by atoms with Gasteiger partial charge in [-0.3, -0.25) is 0 Å². The van der Waals surface area contributed by atoms with E-state index in [1.165, 1.54) is 6.42 Å². The van der Waals surface area contributed by atoms with E-state index >= 15 is 0 Å². The molecule has 2 aliphatic rings. The molecule has 2 saturated heterocycles. The molecule has 0 bridgehead atoms. The number of amides is 2. The van der Waals surface area contributed by atoms with Crippen LogP contribution in [0, 0.1) is 5.92 Å².